The number of carbonyl (C=O) groups is 1. The van der Waals surface area contributed by atoms with E-state index in [1.807, 2.05) is 6.92 Å². The zero-order valence-corrected chi connectivity index (χ0v) is 11.7. The Morgan fingerprint density at radius 1 is 1.35 bits per heavy atom. The average Bonchev–Trinajstić information content (AvgIpc) is 2.26. The molecular formula is C12H14Cl3NO. The first kappa shape index (κ1) is 14.6. The van der Waals surface area contributed by atoms with E-state index in [0.717, 1.165) is 12.8 Å². The molecular weight excluding hydrogens is 280 g/mol. The van der Waals surface area contributed by atoms with Gasteiger partial charge in [-0.1, -0.05) is 29.3 Å². The van der Waals surface area contributed by atoms with E-state index in [9.17, 15) is 4.79 Å². The van der Waals surface area contributed by atoms with Crippen LogP contribution in [0.25, 0.3) is 0 Å². The zero-order valence-electron chi connectivity index (χ0n) is 9.47. The van der Waals surface area contributed by atoms with Crippen molar-refractivity contribution >= 4 is 40.7 Å². The van der Waals surface area contributed by atoms with Gasteiger partial charge in [0, 0.05) is 11.9 Å². The summed E-state index contributed by atoms with van der Waals surface area (Å²) < 4.78 is 0. The number of carbonyl (C=O) groups excluding carboxylic acids is 1. The summed E-state index contributed by atoms with van der Waals surface area (Å²) in [4.78, 5) is 11.9. The molecule has 0 saturated carbocycles. The molecule has 0 radical (unpaired) electrons. The molecule has 17 heavy (non-hydrogen) atoms. The van der Waals surface area contributed by atoms with E-state index >= 15 is 0 Å². The predicted molar refractivity (Wildman–Crippen MR) is 73.3 cm³/mol. The lowest BCUT2D eigenvalue weighted by molar-refractivity contribution is 0.0938. The van der Waals surface area contributed by atoms with E-state index in [1.165, 1.54) is 0 Å². The second-order valence-electron chi connectivity index (χ2n) is 3.80. The van der Waals surface area contributed by atoms with Gasteiger partial charge in [0.15, 0.2) is 0 Å². The number of hydrogen-bond acceptors (Lipinski definition) is 1. The number of alkyl halides is 1. The van der Waals surface area contributed by atoms with Crippen molar-refractivity contribution in [2.24, 2.45) is 0 Å². The maximum absolute atomic E-state index is 11.9. The first-order valence-corrected chi connectivity index (χ1v) is 6.66. The third kappa shape index (κ3) is 4.38. The highest BCUT2D eigenvalue weighted by Crippen LogP contribution is 2.24. The Kier molecular flexibility index (Phi) is 6.10. The fourth-order valence-corrected chi connectivity index (χ4v) is 2.19. The molecule has 0 aromatic heterocycles. The molecule has 1 aromatic carbocycles. The smallest absolute Gasteiger partial charge is 0.254 e. The molecule has 0 aliphatic heterocycles. The van der Waals surface area contributed by atoms with Crippen LogP contribution in [0.15, 0.2) is 18.2 Å². The Bertz CT molecular complexity index is 375. The third-order valence-corrected chi connectivity index (χ3v) is 3.24. The van der Waals surface area contributed by atoms with Crippen molar-refractivity contribution in [2.45, 2.75) is 25.8 Å². The zero-order chi connectivity index (χ0) is 12.8. The van der Waals surface area contributed by atoms with Gasteiger partial charge in [0.25, 0.3) is 5.91 Å². The molecule has 1 N–H and O–H groups in total. The van der Waals surface area contributed by atoms with Crippen molar-refractivity contribution in [3.05, 3.63) is 33.8 Å². The predicted octanol–water partition coefficient (Wildman–Crippen LogP) is 4.13. The quantitative estimate of drug-likeness (QED) is 0.813. The minimum atomic E-state index is -0.248. The Labute approximate surface area is 116 Å². The molecule has 0 aliphatic carbocycles. The van der Waals surface area contributed by atoms with Crippen LogP contribution < -0.4 is 5.32 Å². The number of hydrogen-bond donors (Lipinski definition) is 1. The number of amides is 1. The van der Waals surface area contributed by atoms with Gasteiger partial charge in [-0.25, -0.2) is 0 Å². The van der Waals surface area contributed by atoms with Crippen LogP contribution in [0.1, 0.15) is 30.1 Å². The lowest BCUT2D eigenvalue weighted by Crippen LogP contribution is -2.32. The van der Waals surface area contributed by atoms with Crippen LogP contribution in [0.5, 0.6) is 0 Å². The lowest BCUT2D eigenvalue weighted by atomic mass is 10.1. The van der Waals surface area contributed by atoms with Crippen molar-refractivity contribution in [3.63, 3.8) is 0 Å². The van der Waals surface area contributed by atoms with Gasteiger partial charge in [0.1, 0.15) is 0 Å². The van der Waals surface area contributed by atoms with E-state index in [1.54, 1.807) is 18.2 Å². The molecule has 1 rings (SSSR count). The molecule has 0 aliphatic rings. The number of rotatable bonds is 5. The number of halogens is 3. The van der Waals surface area contributed by atoms with Gasteiger partial charge in [-0.05, 0) is 31.9 Å². The molecule has 0 fully saturated rings. The summed E-state index contributed by atoms with van der Waals surface area (Å²) in [6, 6.07) is 5.05. The topological polar surface area (TPSA) is 29.1 Å². The average molecular weight is 295 g/mol. The van der Waals surface area contributed by atoms with Gasteiger partial charge >= 0.3 is 0 Å². The van der Waals surface area contributed by atoms with Crippen LogP contribution in [-0.4, -0.2) is 17.8 Å². The summed E-state index contributed by atoms with van der Waals surface area (Å²) in [6.45, 7) is 1.93. The summed E-state index contributed by atoms with van der Waals surface area (Å²) >= 11 is 17.5. The van der Waals surface area contributed by atoms with Crippen molar-refractivity contribution in [3.8, 4) is 0 Å². The Hall–Kier alpha value is -0.440. The standard InChI is InChI=1S/C12H14Cl3NO/c1-8(4-3-7-13)16-12(17)11-9(14)5-2-6-10(11)15/h2,5-6,8H,3-4,7H2,1H3,(H,16,17). The summed E-state index contributed by atoms with van der Waals surface area (Å²) in [6.07, 6.45) is 1.69. The second kappa shape index (κ2) is 7.10. The van der Waals surface area contributed by atoms with Crippen molar-refractivity contribution < 1.29 is 4.79 Å². The van der Waals surface area contributed by atoms with Crippen LogP contribution in [0.2, 0.25) is 10.0 Å². The fourth-order valence-electron chi connectivity index (χ4n) is 1.47. The molecule has 1 aromatic rings. The van der Waals surface area contributed by atoms with Gasteiger partial charge in [0.2, 0.25) is 0 Å². The molecule has 94 valence electrons. The Morgan fingerprint density at radius 2 is 1.94 bits per heavy atom. The van der Waals surface area contributed by atoms with Crippen molar-refractivity contribution in [2.75, 3.05) is 5.88 Å². The molecule has 5 heteroatoms. The number of benzene rings is 1. The van der Waals surface area contributed by atoms with E-state index in [2.05, 4.69) is 5.32 Å². The monoisotopic (exact) mass is 293 g/mol. The van der Waals surface area contributed by atoms with E-state index in [0.29, 0.717) is 21.5 Å². The van der Waals surface area contributed by atoms with Gasteiger partial charge in [-0.15, -0.1) is 11.6 Å². The highest BCUT2D eigenvalue weighted by Gasteiger charge is 2.16. The first-order chi connectivity index (χ1) is 8.06. The lowest BCUT2D eigenvalue weighted by Gasteiger charge is -2.14. The molecule has 1 atom stereocenters. The highest BCUT2D eigenvalue weighted by atomic mass is 35.5. The molecule has 0 spiro atoms. The van der Waals surface area contributed by atoms with Gasteiger partial charge in [0.05, 0.1) is 15.6 Å². The normalized spacial score (nSPS) is 12.2. The van der Waals surface area contributed by atoms with Gasteiger partial charge in [-0.2, -0.15) is 0 Å². The van der Waals surface area contributed by atoms with Crippen molar-refractivity contribution in [1.29, 1.82) is 0 Å². The van der Waals surface area contributed by atoms with Crippen LogP contribution in [-0.2, 0) is 0 Å². The molecule has 2 nitrogen and oxygen atoms in total. The van der Waals surface area contributed by atoms with Crippen molar-refractivity contribution in [1.82, 2.24) is 5.32 Å². The SMILES string of the molecule is CC(CCCCl)NC(=O)c1c(Cl)cccc1Cl. The summed E-state index contributed by atoms with van der Waals surface area (Å²) in [5, 5.41) is 3.57. The molecule has 1 amide bonds. The minimum absolute atomic E-state index is 0.0496. The van der Waals surface area contributed by atoms with E-state index in [-0.39, 0.29) is 11.9 Å². The molecule has 0 heterocycles. The van der Waals surface area contributed by atoms with E-state index < -0.39 is 0 Å². The Balaban J connectivity index is 2.70. The maximum atomic E-state index is 11.9. The first-order valence-electron chi connectivity index (χ1n) is 5.37. The van der Waals surface area contributed by atoms with E-state index in [4.69, 9.17) is 34.8 Å². The minimum Gasteiger partial charge on any atom is -0.349 e. The fraction of sp³-hybridized carbons (Fsp3) is 0.417. The third-order valence-electron chi connectivity index (χ3n) is 2.34. The summed E-state index contributed by atoms with van der Waals surface area (Å²) in [7, 11) is 0. The van der Waals surface area contributed by atoms with Gasteiger partial charge in [-0.3, -0.25) is 4.79 Å². The van der Waals surface area contributed by atoms with Crippen LogP contribution in [0, 0.1) is 0 Å². The molecule has 1 unspecified atom stereocenters. The highest BCUT2D eigenvalue weighted by molar-refractivity contribution is 6.39. The van der Waals surface area contributed by atoms with Gasteiger partial charge < -0.3 is 5.32 Å². The van der Waals surface area contributed by atoms with Crippen LogP contribution in [0.4, 0.5) is 0 Å². The molecule has 0 bridgehead atoms. The Morgan fingerprint density at radius 3 is 2.47 bits per heavy atom. The molecule has 0 saturated heterocycles. The largest absolute Gasteiger partial charge is 0.349 e. The van der Waals surface area contributed by atoms with Crippen LogP contribution >= 0.6 is 34.8 Å². The maximum Gasteiger partial charge on any atom is 0.254 e. The van der Waals surface area contributed by atoms with Crippen LogP contribution in [0.3, 0.4) is 0 Å². The summed E-state index contributed by atoms with van der Waals surface area (Å²) in [5.74, 6) is 0.343. The summed E-state index contributed by atoms with van der Waals surface area (Å²) in [5.41, 5.74) is 0.327. The number of nitrogens with one attached hydrogen (secondary N) is 1. The second-order valence-corrected chi connectivity index (χ2v) is 4.99.